The van der Waals surface area contributed by atoms with Crippen molar-refractivity contribution in [3.63, 3.8) is 0 Å². The summed E-state index contributed by atoms with van der Waals surface area (Å²) < 4.78 is 10.1. The van der Waals surface area contributed by atoms with Gasteiger partial charge in [0, 0.05) is 61.1 Å². The van der Waals surface area contributed by atoms with Crippen molar-refractivity contribution in [1.29, 1.82) is 0 Å². The number of furan rings is 1. The number of anilines is 3. The predicted octanol–water partition coefficient (Wildman–Crippen LogP) is 17.1. The van der Waals surface area contributed by atoms with E-state index in [4.69, 9.17) is 4.42 Å². The van der Waals surface area contributed by atoms with Crippen LogP contribution in [0.2, 0.25) is 0 Å². The fourth-order valence-electron chi connectivity index (χ4n) is 11.4. The molecule has 0 N–H and O–H groups in total. The zero-order chi connectivity index (χ0) is 49.1. The van der Waals surface area contributed by atoms with Gasteiger partial charge in [0.25, 0.3) is 0 Å². The second-order valence-electron chi connectivity index (χ2n) is 25.6. The van der Waals surface area contributed by atoms with E-state index in [1.807, 2.05) is 0 Å². The van der Waals surface area contributed by atoms with Crippen LogP contribution in [-0.4, -0.2) is 11.3 Å². The molecule has 0 saturated carbocycles. The zero-order valence-electron chi connectivity index (χ0n) is 44.0. The first kappa shape index (κ1) is 45.2. The molecule has 4 heterocycles. The van der Waals surface area contributed by atoms with Crippen LogP contribution in [0.4, 0.5) is 17.1 Å². The largest absolute Gasteiger partial charge is 0.456 e. The third kappa shape index (κ3) is 7.06. The summed E-state index contributed by atoms with van der Waals surface area (Å²) in [6.45, 7) is 37.2. The van der Waals surface area contributed by atoms with Crippen molar-refractivity contribution in [1.82, 2.24) is 4.48 Å². The smallest absolute Gasteiger partial charge is 0.333 e. The Hall–Kier alpha value is -6.26. The second-order valence-corrected chi connectivity index (χ2v) is 25.6. The van der Waals surface area contributed by atoms with E-state index in [1.54, 1.807) is 0 Å². The summed E-state index contributed by atoms with van der Waals surface area (Å²) in [6.07, 6.45) is 0. The number of aryl methyl sites for hydroxylation is 1. The van der Waals surface area contributed by atoms with Crippen LogP contribution < -0.4 is 15.8 Å². The van der Waals surface area contributed by atoms with Crippen LogP contribution in [0.5, 0.6) is 0 Å². The van der Waals surface area contributed by atoms with Gasteiger partial charge in [-0.1, -0.05) is 183 Å². The van der Waals surface area contributed by atoms with Crippen molar-refractivity contribution in [2.75, 3.05) is 4.90 Å². The maximum atomic E-state index is 7.30. The van der Waals surface area contributed by atoms with Crippen LogP contribution >= 0.6 is 0 Å². The van der Waals surface area contributed by atoms with Gasteiger partial charge in [0.2, 0.25) is 0 Å². The topological polar surface area (TPSA) is 21.3 Å². The van der Waals surface area contributed by atoms with Crippen LogP contribution in [0.15, 0.2) is 132 Å². The molecule has 2 aliphatic rings. The van der Waals surface area contributed by atoms with Gasteiger partial charge in [-0.25, -0.2) is 0 Å². The molecule has 11 rings (SSSR count). The molecule has 0 atom stereocenters. The highest BCUT2D eigenvalue weighted by Gasteiger charge is 2.46. The number of nitrogens with zero attached hydrogens (tertiary/aromatic N) is 2. The van der Waals surface area contributed by atoms with Gasteiger partial charge >= 0.3 is 6.85 Å². The first-order valence-corrected chi connectivity index (χ1v) is 25.3. The van der Waals surface area contributed by atoms with Crippen molar-refractivity contribution in [3.05, 3.63) is 161 Å². The molecule has 0 unspecified atom stereocenters. The summed E-state index contributed by atoms with van der Waals surface area (Å²) in [5.41, 5.74) is 24.4. The zero-order valence-corrected chi connectivity index (χ0v) is 44.0. The number of hydrogen-bond donors (Lipinski definition) is 0. The minimum absolute atomic E-state index is 0.0169. The highest BCUT2D eigenvalue weighted by atomic mass is 16.3. The Morgan fingerprint density at radius 3 is 1.67 bits per heavy atom. The lowest BCUT2D eigenvalue weighted by Crippen LogP contribution is -2.57. The molecule has 2 aromatic heterocycles. The third-order valence-corrected chi connectivity index (χ3v) is 15.4. The van der Waals surface area contributed by atoms with Crippen molar-refractivity contribution in [3.8, 4) is 33.5 Å². The molecule has 0 spiro atoms. The quantitative estimate of drug-likeness (QED) is 0.165. The highest BCUT2D eigenvalue weighted by Crippen LogP contribution is 2.53. The van der Waals surface area contributed by atoms with Crippen LogP contribution in [0, 0.1) is 6.92 Å². The Morgan fingerprint density at radius 2 is 1.04 bits per heavy atom. The summed E-state index contributed by atoms with van der Waals surface area (Å²) in [5, 5.41) is 3.64. The predicted molar refractivity (Wildman–Crippen MR) is 299 cm³/mol. The van der Waals surface area contributed by atoms with Gasteiger partial charge in [-0.2, -0.15) is 0 Å². The van der Waals surface area contributed by atoms with E-state index in [2.05, 4.69) is 248 Å². The molecule has 0 amide bonds. The van der Waals surface area contributed by atoms with E-state index >= 15 is 0 Å². The molecule has 69 heavy (non-hydrogen) atoms. The third-order valence-electron chi connectivity index (χ3n) is 15.4. The highest BCUT2D eigenvalue weighted by molar-refractivity contribution is 6.90. The number of aromatic nitrogens is 1. The van der Waals surface area contributed by atoms with E-state index in [-0.39, 0.29) is 33.9 Å². The Bertz CT molecular complexity index is 3570. The molecule has 2 aliphatic heterocycles. The maximum absolute atomic E-state index is 7.30. The average Bonchev–Trinajstić information content (AvgIpc) is 3.81. The Labute approximate surface area is 411 Å². The molecule has 0 bridgehead atoms. The number of benzene rings is 7. The van der Waals surface area contributed by atoms with Gasteiger partial charge in [-0.05, 0) is 138 Å². The van der Waals surface area contributed by atoms with Crippen molar-refractivity contribution in [2.45, 2.75) is 138 Å². The second kappa shape index (κ2) is 14.9. The molecule has 0 aliphatic carbocycles. The van der Waals surface area contributed by atoms with Crippen molar-refractivity contribution >= 4 is 67.7 Å². The number of rotatable bonds is 3. The minimum atomic E-state index is -0.169. The molecule has 348 valence electrons. The summed E-state index contributed by atoms with van der Waals surface area (Å²) in [6, 6.07) is 49.5. The summed E-state index contributed by atoms with van der Waals surface area (Å²) in [7, 11) is 0. The number of hydrogen-bond acceptors (Lipinski definition) is 2. The molecule has 4 heteroatoms. The van der Waals surface area contributed by atoms with Gasteiger partial charge in [-0.3, -0.25) is 0 Å². The Balaban J connectivity index is 1.37. The minimum Gasteiger partial charge on any atom is -0.456 e. The van der Waals surface area contributed by atoms with Crippen LogP contribution in [0.25, 0.3) is 66.4 Å². The normalized spacial score (nSPS) is 14.0. The lowest BCUT2D eigenvalue weighted by Gasteiger charge is -2.42. The molecule has 9 aromatic rings. The van der Waals surface area contributed by atoms with Gasteiger partial charge in [0.05, 0.1) is 0 Å². The van der Waals surface area contributed by atoms with Crippen LogP contribution in [0.1, 0.15) is 137 Å². The molecule has 0 radical (unpaired) electrons. The van der Waals surface area contributed by atoms with E-state index < -0.39 is 0 Å². The Kier molecular flexibility index (Phi) is 9.75. The lowest BCUT2D eigenvalue weighted by molar-refractivity contribution is 0.559. The first-order chi connectivity index (χ1) is 32.3. The molecule has 0 saturated heterocycles. The fraction of sp³-hybridized carbons (Fsp3) is 0.323. The summed E-state index contributed by atoms with van der Waals surface area (Å²) >= 11 is 0. The van der Waals surface area contributed by atoms with E-state index in [0.29, 0.717) is 0 Å². The molecule has 0 fully saturated rings. The fourth-order valence-corrected chi connectivity index (χ4v) is 11.4. The van der Waals surface area contributed by atoms with Gasteiger partial charge in [0.1, 0.15) is 11.2 Å². The monoisotopic (exact) mass is 905 g/mol. The van der Waals surface area contributed by atoms with Gasteiger partial charge in [-0.15, -0.1) is 0 Å². The number of fused-ring (bicyclic) bond motifs is 7. The maximum Gasteiger partial charge on any atom is 0.333 e. The standard InChI is InChI=1S/C65H69BN2O/c1-38-22-20-21-25-45(38)56-50-33-41(62(5,6)7)31-48-47-30-43(64(11,12)13)35-54-57(47)66(68(59(48)50)58(56)39-23-18-17-19-24-39)52-37-55-46(36-53(52)67(54)44-28-26-40(27-29-44)61(2,3)4)49-32-42(63(8,9)10)34-51(60(49)69-55)65(14,15)16/h17-37H,1-16H3. The van der Waals surface area contributed by atoms with E-state index in [0.717, 1.165) is 22.2 Å². The van der Waals surface area contributed by atoms with Crippen molar-refractivity contribution < 1.29 is 4.42 Å². The summed E-state index contributed by atoms with van der Waals surface area (Å²) in [5.74, 6) is 0. The molecular formula is C65H69BN2O. The molecule has 7 aromatic carbocycles. The summed E-state index contributed by atoms with van der Waals surface area (Å²) in [4.78, 5) is 2.60. The van der Waals surface area contributed by atoms with Crippen LogP contribution in [-0.2, 0) is 27.1 Å². The average molecular weight is 905 g/mol. The van der Waals surface area contributed by atoms with Crippen molar-refractivity contribution in [2.24, 2.45) is 0 Å². The SMILES string of the molecule is Cc1ccccc1-c1c(-c2ccccc2)n2c3c(cc(C(C)(C)C)cc13)-c1cc(C(C)(C)C)cc3c1B2c1cc2oc4c(C(C)(C)C)cc(C(C)(C)C)cc4c2cc1N3c1ccc(C(C)(C)C)cc1. The molecule has 3 nitrogen and oxygen atoms in total. The Morgan fingerprint density at radius 1 is 0.464 bits per heavy atom. The van der Waals surface area contributed by atoms with Crippen LogP contribution in [0.3, 0.4) is 0 Å². The van der Waals surface area contributed by atoms with E-state index in [1.165, 1.54) is 105 Å². The van der Waals surface area contributed by atoms with Gasteiger partial charge in [0.15, 0.2) is 0 Å². The van der Waals surface area contributed by atoms with Gasteiger partial charge < -0.3 is 13.8 Å². The molecular weight excluding hydrogens is 836 g/mol. The lowest BCUT2D eigenvalue weighted by atomic mass is 9.44. The van der Waals surface area contributed by atoms with E-state index in [9.17, 15) is 0 Å². The first-order valence-electron chi connectivity index (χ1n) is 25.3.